The molecule has 8 rings (SSSR count). The van der Waals surface area contributed by atoms with Crippen LogP contribution in [0.15, 0.2) is 60.8 Å². The molecule has 0 N–H and O–H groups in total. The van der Waals surface area contributed by atoms with Crippen molar-refractivity contribution >= 4 is 0 Å². The van der Waals surface area contributed by atoms with E-state index in [0.717, 1.165) is 93.4 Å². The van der Waals surface area contributed by atoms with Gasteiger partial charge in [0.25, 0.3) is 0 Å². The van der Waals surface area contributed by atoms with Crippen LogP contribution in [-0.4, -0.2) is 39.6 Å². The molecule has 8 aliphatic rings. The molecule has 2 saturated carbocycles. The molecular formula is C27H36O3. The Morgan fingerprint density at radius 2 is 0.867 bits per heavy atom. The van der Waals surface area contributed by atoms with E-state index in [9.17, 15) is 0 Å². The lowest BCUT2D eigenvalue weighted by Gasteiger charge is -2.16. The lowest BCUT2D eigenvalue weighted by Crippen LogP contribution is -2.16. The van der Waals surface area contributed by atoms with Gasteiger partial charge in [0.2, 0.25) is 0 Å². The average molecular weight is 409 g/mol. The Kier molecular flexibility index (Phi) is 6.69. The van der Waals surface area contributed by atoms with Gasteiger partial charge in [-0.3, -0.25) is 0 Å². The highest BCUT2D eigenvalue weighted by Gasteiger charge is 2.48. The van der Waals surface area contributed by atoms with Crippen LogP contribution >= 0.6 is 0 Å². The topological polar surface area (TPSA) is 27.7 Å². The van der Waals surface area contributed by atoms with Crippen molar-refractivity contribution in [2.24, 2.45) is 47.3 Å². The average Bonchev–Trinajstić information content (AvgIpc) is 3.68. The van der Waals surface area contributed by atoms with Crippen LogP contribution < -0.4 is 0 Å². The predicted octanol–water partition coefficient (Wildman–Crippen LogP) is 4.99. The lowest BCUT2D eigenvalue weighted by atomic mass is 9.86. The maximum Gasteiger partial charge on any atom is 0.0652 e. The Morgan fingerprint density at radius 3 is 1.13 bits per heavy atom. The summed E-state index contributed by atoms with van der Waals surface area (Å²) in [5, 5.41) is 0. The number of hydrogen-bond donors (Lipinski definition) is 0. The standard InChI is InChI=1S/2C9H12O.C5H6.C4H6O/c2*1-2-7-3-6(1)8-4-10-5-9(7)8;2*1-2-4-5-3-1/h2*1-2,6-9H,3-5H2;1-4H,5H2;1-2H,3-4H2. The van der Waals surface area contributed by atoms with Crippen molar-refractivity contribution in [3.8, 4) is 0 Å². The van der Waals surface area contributed by atoms with Crippen molar-refractivity contribution in [1.29, 1.82) is 0 Å². The summed E-state index contributed by atoms with van der Waals surface area (Å²) in [6, 6.07) is 0. The SMILES string of the molecule is C1=CC2CC1C1COCC21.C1=CC2CC1C1COCC21.C1=CCC=C1.C1=CCOC1. The quantitative estimate of drug-likeness (QED) is 0.529. The molecule has 4 fully saturated rings. The van der Waals surface area contributed by atoms with Gasteiger partial charge >= 0.3 is 0 Å². The second kappa shape index (κ2) is 9.80. The molecule has 0 spiro atoms. The van der Waals surface area contributed by atoms with Crippen LogP contribution in [-0.2, 0) is 14.2 Å². The van der Waals surface area contributed by atoms with E-state index in [-0.39, 0.29) is 0 Å². The van der Waals surface area contributed by atoms with Gasteiger partial charge in [-0.2, -0.15) is 0 Å². The molecule has 162 valence electrons. The smallest absolute Gasteiger partial charge is 0.0652 e. The molecule has 5 aliphatic carbocycles. The molecule has 8 unspecified atom stereocenters. The summed E-state index contributed by atoms with van der Waals surface area (Å²) >= 11 is 0. The summed E-state index contributed by atoms with van der Waals surface area (Å²) in [6.45, 7) is 5.79. The Balaban J connectivity index is 0.0000000907. The molecule has 3 nitrogen and oxygen atoms in total. The number of fused-ring (bicyclic) bond motifs is 10. The van der Waals surface area contributed by atoms with E-state index in [1.807, 2.05) is 12.2 Å². The van der Waals surface area contributed by atoms with Crippen LogP contribution in [0.5, 0.6) is 0 Å². The van der Waals surface area contributed by atoms with Crippen molar-refractivity contribution in [1.82, 2.24) is 0 Å². The van der Waals surface area contributed by atoms with Crippen molar-refractivity contribution < 1.29 is 14.2 Å². The molecule has 3 heterocycles. The first-order chi connectivity index (χ1) is 14.9. The summed E-state index contributed by atoms with van der Waals surface area (Å²) in [6.07, 6.45) is 26.0. The van der Waals surface area contributed by atoms with E-state index in [2.05, 4.69) is 48.6 Å². The normalized spacial score (nSPS) is 43.7. The molecule has 0 aromatic heterocycles. The van der Waals surface area contributed by atoms with Gasteiger partial charge in [0.1, 0.15) is 0 Å². The highest BCUT2D eigenvalue weighted by atomic mass is 16.5. The van der Waals surface area contributed by atoms with E-state index in [4.69, 9.17) is 14.2 Å². The van der Waals surface area contributed by atoms with Crippen LogP contribution in [0.25, 0.3) is 0 Å². The molecule has 3 heteroatoms. The van der Waals surface area contributed by atoms with Crippen LogP contribution in [0.4, 0.5) is 0 Å². The zero-order chi connectivity index (χ0) is 20.2. The summed E-state index contributed by atoms with van der Waals surface area (Å²) < 4.78 is 15.7. The zero-order valence-corrected chi connectivity index (χ0v) is 18.0. The fourth-order valence-corrected chi connectivity index (χ4v) is 6.46. The summed E-state index contributed by atoms with van der Waals surface area (Å²) in [5.74, 6) is 7.14. The lowest BCUT2D eigenvalue weighted by molar-refractivity contribution is 0.165. The maximum absolute atomic E-state index is 5.45. The summed E-state index contributed by atoms with van der Waals surface area (Å²) in [4.78, 5) is 0. The zero-order valence-electron chi connectivity index (χ0n) is 18.0. The second-order valence-corrected chi connectivity index (χ2v) is 9.73. The first kappa shape index (κ1) is 20.5. The molecule has 0 radical (unpaired) electrons. The van der Waals surface area contributed by atoms with E-state index in [1.54, 1.807) is 0 Å². The van der Waals surface area contributed by atoms with Gasteiger partial charge in [-0.25, -0.2) is 0 Å². The molecule has 30 heavy (non-hydrogen) atoms. The third kappa shape index (κ3) is 4.44. The molecule has 0 amide bonds. The highest BCUT2D eigenvalue weighted by molar-refractivity contribution is 5.15. The van der Waals surface area contributed by atoms with Crippen molar-refractivity contribution in [2.75, 3.05) is 39.6 Å². The van der Waals surface area contributed by atoms with Crippen LogP contribution in [0.3, 0.4) is 0 Å². The van der Waals surface area contributed by atoms with E-state index < -0.39 is 0 Å². The molecule has 3 aliphatic heterocycles. The highest BCUT2D eigenvalue weighted by Crippen LogP contribution is 2.51. The Hall–Kier alpha value is -1.42. The van der Waals surface area contributed by atoms with Crippen LogP contribution in [0, 0.1) is 47.3 Å². The van der Waals surface area contributed by atoms with Gasteiger partial charge in [0.05, 0.1) is 39.6 Å². The molecule has 2 saturated heterocycles. The van der Waals surface area contributed by atoms with Gasteiger partial charge < -0.3 is 14.2 Å². The molecular weight excluding hydrogens is 372 g/mol. The maximum atomic E-state index is 5.45. The van der Waals surface area contributed by atoms with Crippen molar-refractivity contribution in [3.05, 3.63) is 60.8 Å². The largest absolute Gasteiger partial charge is 0.381 e. The van der Waals surface area contributed by atoms with Crippen LogP contribution in [0.2, 0.25) is 0 Å². The first-order valence-corrected chi connectivity index (χ1v) is 12.0. The van der Waals surface area contributed by atoms with Crippen molar-refractivity contribution in [3.63, 3.8) is 0 Å². The van der Waals surface area contributed by atoms with Gasteiger partial charge in [-0.1, -0.05) is 60.8 Å². The minimum Gasteiger partial charge on any atom is -0.381 e. The van der Waals surface area contributed by atoms with E-state index >= 15 is 0 Å². The van der Waals surface area contributed by atoms with E-state index in [1.165, 1.54) is 12.8 Å². The Labute approximate surface area is 181 Å². The van der Waals surface area contributed by atoms with Crippen molar-refractivity contribution in [2.45, 2.75) is 19.3 Å². The fourth-order valence-electron chi connectivity index (χ4n) is 6.46. The van der Waals surface area contributed by atoms with Crippen LogP contribution in [0.1, 0.15) is 19.3 Å². The predicted molar refractivity (Wildman–Crippen MR) is 120 cm³/mol. The minimum absolute atomic E-state index is 0.819. The summed E-state index contributed by atoms with van der Waals surface area (Å²) in [7, 11) is 0. The van der Waals surface area contributed by atoms with Gasteiger partial charge in [-0.05, 0) is 66.6 Å². The first-order valence-electron chi connectivity index (χ1n) is 12.0. The van der Waals surface area contributed by atoms with Gasteiger partial charge in [0.15, 0.2) is 0 Å². The number of ether oxygens (including phenoxy) is 3. The Bertz CT molecular complexity index is 624. The number of rotatable bonds is 0. The van der Waals surface area contributed by atoms with Gasteiger partial charge in [0, 0.05) is 0 Å². The summed E-state index contributed by atoms with van der Waals surface area (Å²) in [5.41, 5.74) is 0. The third-order valence-corrected chi connectivity index (χ3v) is 8.09. The monoisotopic (exact) mass is 408 g/mol. The fraction of sp³-hybridized carbons (Fsp3) is 0.630. The number of hydrogen-bond acceptors (Lipinski definition) is 3. The second-order valence-electron chi connectivity index (χ2n) is 9.73. The Morgan fingerprint density at radius 1 is 0.467 bits per heavy atom. The minimum atomic E-state index is 0.819. The third-order valence-electron chi connectivity index (χ3n) is 8.09. The molecule has 0 aromatic carbocycles. The number of allylic oxidation sites excluding steroid dienone is 8. The van der Waals surface area contributed by atoms with Gasteiger partial charge in [-0.15, -0.1) is 0 Å². The molecule has 8 atom stereocenters. The molecule has 4 bridgehead atoms. The molecule has 0 aromatic rings. The van der Waals surface area contributed by atoms with E-state index in [0.29, 0.717) is 0 Å².